The second-order valence-corrected chi connectivity index (χ2v) is 4.87. The summed E-state index contributed by atoms with van der Waals surface area (Å²) in [6.07, 6.45) is 3.76. The van der Waals surface area contributed by atoms with E-state index in [0.717, 1.165) is 25.7 Å². The van der Waals surface area contributed by atoms with Crippen LogP contribution in [0.3, 0.4) is 0 Å². The zero-order valence-electron chi connectivity index (χ0n) is 10.2. The molecule has 17 heavy (non-hydrogen) atoms. The van der Waals surface area contributed by atoms with E-state index in [9.17, 15) is 9.50 Å². The molecule has 1 aliphatic carbocycles. The standard InChI is InChI=1S/C14H20FNO/c1-10(11-6-2-3-7-12(11)15)16-13-8-4-5-9-14(13)17/h2-3,6-7,10,13-14,16-17H,4-5,8-9H2,1H3/t10-,13?,14?/m1/s1. The first kappa shape index (κ1) is 12.5. The van der Waals surface area contributed by atoms with Crippen LogP contribution in [0.15, 0.2) is 24.3 Å². The number of rotatable bonds is 3. The van der Waals surface area contributed by atoms with E-state index in [1.165, 1.54) is 6.07 Å². The number of halogens is 1. The molecule has 1 aromatic rings. The van der Waals surface area contributed by atoms with Crippen LogP contribution in [0, 0.1) is 5.82 Å². The van der Waals surface area contributed by atoms with Crippen molar-refractivity contribution in [1.29, 1.82) is 0 Å². The summed E-state index contributed by atoms with van der Waals surface area (Å²) in [7, 11) is 0. The highest BCUT2D eigenvalue weighted by atomic mass is 19.1. The van der Waals surface area contributed by atoms with Gasteiger partial charge in [-0.1, -0.05) is 31.0 Å². The first-order valence-corrected chi connectivity index (χ1v) is 6.37. The fraction of sp³-hybridized carbons (Fsp3) is 0.571. The molecular weight excluding hydrogens is 217 g/mol. The van der Waals surface area contributed by atoms with Gasteiger partial charge in [-0.05, 0) is 25.8 Å². The molecule has 0 bridgehead atoms. The van der Waals surface area contributed by atoms with E-state index in [1.807, 2.05) is 13.0 Å². The van der Waals surface area contributed by atoms with Crippen LogP contribution in [-0.2, 0) is 0 Å². The molecular formula is C14H20FNO. The maximum atomic E-state index is 13.6. The Balaban J connectivity index is 2.01. The van der Waals surface area contributed by atoms with Crippen molar-refractivity contribution in [2.75, 3.05) is 0 Å². The van der Waals surface area contributed by atoms with Gasteiger partial charge >= 0.3 is 0 Å². The summed E-state index contributed by atoms with van der Waals surface area (Å²) in [6.45, 7) is 1.94. The number of nitrogens with one attached hydrogen (secondary N) is 1. The van der Waals surface area contributed by atoms with E-state index < -0.39 is 0 Å². The lowest BCUT2D eigenvalue weighted by molar-refractivity contribution is 0.0857. The van der Waals surface area contributed by atoms with Crippen molar-refractivity contribution >= 4 is 0 Å². The van der Waals surface area contributed by atoms with Gasteiger partial charge in [0.05, 0.1) is 6.10 Å². The normalized spacial score (nSPS) is 26.8. The molecule has 2 N–H and O–H groups in total. The molecule has 0 amide bonds. The van der Waals surface area contributed by atoms with Crippen molar-refractivity contribution in [2.24, 2.45) is 0 Å². The van der Waals surface area contributed by atoms with Gasteiger partial charge in [0.15, 0.2) is 0 Å². The smallest absolute Gasteiger partial charge is 0.127 e. The van der Waals surface area contributed by atoms with Crippen LogP contribution in [0.1, 0.15) is 44.2 Å². The third-order valence-corrected chi connectivity index (χ3v) is 3.57. The highest BCUT2D eigenvalue weighted by Crippen LogP contribution is 2.23. The van der Waals surface area contributed by atoms with E-state index in [2.05, 4.69) is 5.32 Å². The molecule has 1 saturated carbocycles. The lowest BCUT2D eigenvalue weighted by atomic mass is 9.91. The van der Waals surface area contributed by atoms with Crippen LogP contribution in [0.25, 0.3) is 0 Å². The molecule has 0 aliphatic heterocycles. The molecule has 2 unspecified atom stereocenters. The zero-order valence-corrected chi connectivity index (χ0v) is 10.2. The highest BCUT2D eigenvalue weighted by Gasteiger charge is 2.24. The zero-order chi connectivity index (χ0) is 12.3. The quantitative estimate of drug-likeness (QED) is 0.847. The summed E-state index contributed by atoms with van der Waals surface area (Å²) in [5.41, 5.74) is 0.672. The van der Waals surface area contributed by atoms with Gasteiger partial charge in [0.2, 0.25) is 0 Å². The predicted octanol–water partition coefficient (Wildman–Crippen LogP) is 2.78. The molecule has 0 saturated heterocycles. The van der Waals surface area contributed by atoms with E-state index in [1.54, 1.807) is 12.1 Å². The lowest BCUT2D eigenvalue weighted by Crippen LogP contribution is -2.43. The highest BCUT2D eigenvalue weighted by molar-refractivity contribution is 5.20. The van der Waals surface area contributed by atoms with E-state index in [4.69, 9.17) is 0 Å². The van der Waals surface area contributed by atoms with Crippen molar-refractivity contribution in [2.45, 2.75) is 50.8 Å². The Morgan fingerprint density at radius 1 is 1.29 bits per heavy atom. The maximum absolute atomic E-state index is 13.6. The number of benzene rings is 1. The fourth-order valence-electron chi connectivity index (χ4n) is 2.54. The van der Waals surface area contributed by atoms with Gasteiger partial charge in [-0.15, -0.1) is 0 Å². The molecule has 3 atom stereocenters. The van der Waals surface area contributed by atoms with Gasteiger partial charge in [-0.25, -0.2) is 4.39 Å². The molecule has 0 spiro atoms. The summed E-state index contributed by atoms with van der Waals surface area (Å²) < 4.78 is 13.6. The second-order valence-electron chi connectivity index (χ2n) is 4.87. The minimum absolute atomic E-state index is 0.0612. The van der Waals surface area contributed by atoms with Gasteiger partial charge in [0.1, 0.15) is 5.82 Å². The van der Waals surface area contributed by atoms with E-state index >= 15 is 0 Å². The van der Waals surface area contributed by atoms with Crippen molar-refractivity contribution in [3.05, 3.63) is 35.6 Å². The largest absolute Gasteiger partial charge is 0.392 e. The number of hydrogen-bond acceptors (Lipinski definition) is 2. The summed E-state index contributed by atoms with van der Waals surface area (Å²) in [4.78, 5) is 0. The van der Waals surface area contributed by atoms with Crippen LogP contribution in [0.4, 0.5) is 4.39 Å². The molecule has 0 aromatic heterocycles. The van der Waals surface area contributed by atoms with Crippen LogP contribution < -0.4 is 5.32 Å². The molecule has 3 heteroatoms. The minimum Gasteiger partial charge on any atom is -0.392 e. The Bertz CT molecular complexity index is 369. The molecule has 0 radical (unpaired) electrons. The topological polar surface area (TPSA) is 32.3 Å². The Hall–Kier alpha value is -0.930. The Labute approximate surface area is 102 Å². The van der Waals surface area contributed by atoms with Gasteiger partial charge in [-0.2, -0.15) is 0 Å². The third-order valence-electron chi connectivity index (χ3n) is 3.57. The average Bonchev–Trinajstić information content (AvgIpc) is 2.32. The maximum Gasteiger partial charge on any atom is 0.127 e. The minimum atomic E-state index is -0.294. The van der Waals surface area contributed by atoms with Crippen molar-refractivity contribution in [1.82, 2.24) is 5.32 Å². The number of aliphatic hydroxyl groups is 1. The SMILES string of the molecule is C[C@@H](NC1CCCCC1O)c1ccccc1F. The van der Waals surface area contributed by atoms with E-state index in [0.29, 0.717) is 5.56 Å². The molecule has 1 fully saturated rings. The molecule has 0 heterocycles. The molecule has 2 rings (SSSR count). The summed E-state index contributed by atoms with van der Waals surface area (Å²) in [6, 6.07) is 6.84. The Morgan fingerprint density at radius 2 is 2.00 bits per heavy atom. The van der Waals surface area contributed by atoms with Crippen molar-refractivity contribution < 1.29 is 9.50 Å². The molecule has 1 aromatic carbocycles. The monoisotopic (exact) mass is 237 g/mol. The average molecular weight is 237 g/mol. The summed E-state index contributed by atoms with van der Waals surface area (Å²) in [5.74, 6) is -0.183. The first-order valence-electron chi connectivity index (χ1n) is 6.37. The number of aliphatic hydroxyl groups excluding tert-OH is 1. The van der Waals surface area contributed by atoms with Crippen LogP contribution in [-0.4, -0.2) is 17.3 Å². The predicted molar refractivity (Wildman–Crippen MR) is 66.2 cm³/mol. The second kappa shape index (κ2) is 5.61. The van der Waals surface area contributed by atoms with Gasteiger partial charge in [0, 0.05) is 17.6 Å². The van der Waals surface area contributed by atoms with Gasteiger partial charge in [-0.3, -0.25) is 0 Å². The third kappa shape index (κ3) is 3.05. The Kier molecular flexibility index (Phi) is 4.13. The summed E-state index contributed by atoms with van der Waals surface area (Å²) in [5, 5.41) is 13.2. The van der Waals surface area contributed by atoms with Crippen molar-refractivity contribution in [3.8, 4) is 0 Å². The van der Waals surface area contributed by atoms with Crippen LogP contribution >= 0.6 is 0 Å². The Morgan fingerprint density at radius 3 is 2.71 bits per heavy atom. The first-order chi connectivity index (χ1) is 8.18. The summed E-state index contributed by atoms with van der Waals surface area (Å²) >= 11 is 0. The van der Waals surface area contributed by atoms with Gasteiger partial charge in [0.25, 0.3) is 0 Å². The molecule has 1 aliphatic rings. The molecule has 94 valence electrons. The van der Waals surface area contributed by atoms with Crippen LogP contribution in [0.2, 0.25) is 0 Å². The fourth-order valence-corrected chi connectivity index (χ4v) is 2.54. The molecule has 2 nitrogen and oxygen atoms in total. The number of hydrogen-bond donors (Lipinski definition) is 2. The van der Waals surface area contributed by atoms with Crippen molar-refractivity contribution in [3.63, 3.8) is 0 Å². The lowest BCUT2D eigenvalue weighted by Gasteiger charge is -2.31. The van der Waals surface area contributed by atoms with Gasteiger partial charge < -0.3 is 10.4 Å². The van der Waals surface area contributed by atoms with E-state index in [-0.39, 0.29) is 24.0 Å². The van der Waals surface area contributed by atoms with Crippen LogP contribution in [0.5, 0.6) is 0 Å².